The second-order valence-corrected chi connectivity index (χ2v) is 7.38. The van der Waals surface area contributed by atoms with E-state index in [0.29, 0.717) is 25.9 Å². The Kier molecular flexibility index (Phi) is 8.16. The van der Waals surface area contributed by atoms with E-state index in [0.717, 1.165) is 5.69 Å². The van der Waals surface area contributed by atoms with Crippen molar-refractivity contribution >= 4 is 23.5 Å². The number of piperidine rings is 1. The molecule has 2 heterocycles. The highest BCUT2D eigenvalue weighted by Gasteiger charge is 2.53. The Morgan fingerprint density at radius 3 is 2.09 bits per heavy atom. The molecule has 3 rings (SSSR count). The van der Waals surface area contributed by atoms with Crippen LogP contribution in [0.25, 0.3) is 0 Å². The van der Waals surface area contributed by atoms with Crippen LogP contribution in [-0.4, -0.2) is 78.5 Å². The van der Waals surface area contributed by atoms with E-state index >= 15 is 0 Å². The minimum absolute atomic E-state index is 0.183. The lowest BCUT2D eigenvalue weighted by molar-refractivity contribution is -0.192. The summed E-state index contributed by atoms with van der Waals surface area (Å²) in [5.74, 6) is -3.77. The number of amides is 2. The Balaban J connectivity index is 0.000000479. The molecule has 0 unspecified atom stereocenters. The lowest BCUT2D eigenvalue weighted by Crippen LogP contribution is -2.56. The second-order valence-electron chi connectivity index (χ2n) is 7.38. The Labute approximate surface area is 184 Å². The molecular formula is C19H22F6N4O4. The first kappa shape index (κ1) is 26.2. The zero-order valence-corrected chi connectivity index (χ0v) is 17.2. The summed E-state index contributed by atoms with van der Waals surface area (Å²) in [6.07, 6.45) is -8.39. The fourth-order valence-corrected chi connectivity index (χ4v) is 3.59. The van der Waals surface area contributed by atoms with Gasteiger partial charge in [-0.15, -0.1) is 0 Å². The van der Waals surface area contributed by atoms with Crippen LogP contribution in [0.2, 0.25) is 0 Å². The molecule has 8 nitrogen and oxygen atoms in total. The first-order valence-corrected chi connectivity index (χ1v) is 9.72. The number of carbonyl (C=O) groups excluding carboxylic acids is 2. The third-order valence-electron chi connectivity index (χ3n) is 5.08. The first-order valence-electron chi connectivity index (χ1n) is 9.72. The maximum absolute atomic E-state index is 13.1. The van der Waals surface area contributed by atoms with E-state index in [9.17, 15) is 35.9 Å². The molecule has 2 amide bonds. The van der Waals surface area contributed by atoms with Crippen molar-refractivity contribution < 1.29 is 45.8 Å². The second kappa shape index (κ2) is 10.3. The summed E-state index contributed by atoms with van der Waals surface area (Å²) < 4.78 is 68.5. The molecule has 0 radical (unpaired) electrons. The average molecular weight is 484 g/mol. The Morgan fingerprint density at radius 1 is 1.06 bits per heavy atom. The summed E-state index contributed by atoms with van der Waals surface area (Å²) in [5, 5.41) is 12.2. The molecule has 2 aliphatic heterocycles. The van der Waals surface area contributed by atoms with Gasteiger partial charge in [-0.25, -0.2) is 4.79 Å². The molecule has 0 atom stereocenters. The lowest BCUT2D eigenvalue weighted by Gasteiger charge is -2.40. The van der Waals surface area contributed by atoms with E-state index < -0.39 is 36.3 Å². The van der Waals surface area contributed by atoms with Crippen molar-refractivity contribution in [2.45, 2.75) is 30.7 Å². The van der Waals surface area contributed by atoms with Gasteiger partial charge in [0.25, 0.3) is 0 Å². The topological polar surface area (TPSA) is 102 Å². The molecule has 0 aliphatic carbocycles. The minimum atomic E-state index is -5.08. The van der Waals surface area contributed by atoms with Gasteiger partial charge in [-0.05, 0) is 38.1 Å². The summed E-state index contributed by atoms with van der Waals surface area (Å²) in [4.78, 5) is 37.1. The van der Waals surface area contributed by atoms with E-state index in [1.165, 1.54) is 4.90 Å². The number of alkyl halides is 6. The zero-order valence-electron chi connectivity index (χ0n) is 17.2. The summed E-state index contributed by atoms with van der Waals surface area (Å²) in [6.45, 7) is -0.257. The fraction of sp³-hybridized carbons (Fsp3) is 0.526. The number of nitrogens with one attached hydrogen (secondary N) is 2. The number of para-hydroxylation sites is 1. The highest BCUT2D eigenvalue weighted by Crippen LogP contribution is 2.37. The van der Waals surface area contributed by atoms with Gasteiger partial charge >= 0.3 is 18.3 Å². The smallest absolute Gasteiger partial charge is 0.475 e. The highest BCUT2D eigenvalue weighted by molar-refractivity contribution is 5.96. The number of hydrogen-bond acceptors (Lipinski definition) is 5. The van der Waals surface area contributed by atoms with Crippen molar-refractivity contribution in [2.24, 2.45) is 0 Å². The zero-order chi connectivity index (χ0) is 24.9. The summed E-state index contributed by atoms with van der Waals surface area (Å²) in [6, 6.07) is 9.40. The van der Waals surface area contributed by atoms with Gasteiger partial charge < -0.3 is 25.5 Å². The molecule has 0 bridgehead atoms. The van der Waals surface area contributed by atoms with E-state index in [2.05, 4.69) is 5.32 Å². The number of rotatable bonds is 4. The number of carboxylic acids is 1. The van der Waals surface area contributed by atoms with Crippen LogP contribution in [0.3, 0.4) is 0 Å². The molecule has 14 heteroatoms. The number of nitrogens with zero attached hydrogens (tertiary/aromatic N) is 2. The average Bonchev–Trinajstić information content (AvgIpc) is 2.99. The molecule has 1 aromatic carbocycles. The number of carbonyl (C=O) groups is 3. The van der Waals surface area contributed by atoms with Crippen LogP contribution in [-0.2, 0) is 14.4 Å². The Morgan fingerprint density at radius 2 is 1.61 bits per heavy atom. The Hall–Kier alpha value is -3.03. The SMILES string of the molecule is O=C(CN1CN(c2ccccc2)C2(CCNCC2)C1=O)NCC(F)(F)F.O=C(O)C(F)(F)F. The largest absolute Gasteiger partial charge is 0.490 e. The van der Waals surface area contributed by atoms with Gasteiger partial charge in [-0.3, -0.25) is 9.59 Å². The molecular weight excluding hydrogens is 462 g/mol. The summed E-state index contributed by atoms with van der Waals surface area (Å²) >= 11 is 0. The maximum atomic E-state index is 13.1. The predicted octanol–water partition coefficient (Wildman–Crippen LogP) is 1.73. The fourth-order valence-electron chi connectivity index (χ4n) is 3.59. The monoisotopic (exact) mass is 484 g/mol. The van der Waals surface area contributed by atoms with Gasteiger partial charge in [0, 0.05) is 5.69 Å². The van der Waals surface area contributed by atoms with Crippen molar-refractivity contribution in [1.29, 1.82) is 0 Å². The van der Waals surface area contributed by atoms with Gasteiger partial charge in [0.2, 0.25) is 11.8 Å². The van der Waals surface area contributed by atoms with Gasteiger partial charge in [0.1, 0.15) is 18.6 Å². The quantitative estimate of drug-likeness (QED) is 0.563. The van der Waals surface area contributed by atoms with Crippen LogP contribution in [0.15, 0.2) is 30.3 Å². The first-order chi connectivity index (χ1) is 15.3. The molecule has 184 valence electrons. The molecule has 33 heavy (non-hydrogen) atoms. The number of aliphatic carboxylic acids is 1. The third kappa shape index (κ3) is 6.97. The molecule has 2 aliphatic rings. The molecule has 1 aromatic rings. The van der Waals surface area contributed by atoms with Crippen LogP contribution >= 0.6 is 0 Å². The number of carboxylic acid groups (broad SMARTS) is 1. The number of halogens is 6. The van der Waals surface area contributed by atoms with Crippen LogP contribution < -0.4 is 15.5 Å². The van der Waals surface area contributed by atoms with Gasteiger partial charge in [0.15, 0.2) is 0 Å². The molecule has 0 aromatic heterocycles. The minimum Gasteiger partial charge on any atom is -0.475 e. The number of benzene rings is 1. The van der Waals surface area contributed by atoms with Gasteiger partial charge in [0.05, 0.1) is 6.67 Å². The van der Waals surface area contributed by atoms with Crippen LogP contribution in [0.5, 0.6) is 0 Å². The van der Waals surface area contributed by atoms with Gasteiger partial charge in [-0.2, -0.15) is 26.3 Å². The van der Waals surface area contributed by atoms with Crippen molar-refractivity contribution in [1.82, 2.24) is 15.5 Å². The molecule has 2 fully saturated rings. The van der Waals surface area contributed by atoms with Gasteiger partial charge in [-0.1, -0.05) is 18.2 Å². The van der Waals surface area contributed by atoms with E-state index in [-0.39, 0.29) is 19.1 Å². The standard InChI is InChI=1S/C17H21F3N4O2.C2HF3O2/c18-17(19,20)11-22-14(25)10-23-12-24(13-4-2-1-3-5-13)16(15(23)26)6-8-21-9-7-16;3-2(4,5)1(6)7/h1-5,21H,6-12H2,(H,22,25);(H,6,7). The molecule has 0 saturated carbocycles. The lowest BCUT2D eigenvalue weighted by atomic mass is 9.86. The van der Waals surface area contributed by atoms with E-state index in [1.54, 1.807) is 0 Å². The van der Waals surface area contributed by atoms with Crippen molar-refractivity contribution in [2.75, 3.05) is 37.7 Å². The normalized spacial score (nSPS) is 18.1. The van der Waals surface area contributed by atoms with Crippen molar-refractivity contribution in [3.63, 3.8) is 0 Å². The highest BCUT2D eigenvalue weighted by atomic mass is 19.4. The van der Waals surface area contributed by atoms with Crippen LogP contribution in [0, 0.1) is 0 Å². The molecule has 2 saturated heterocycles. The number of anilines is 1. The third-order valence-corrected chi connectivity index (χ3v) is 5.08. The number of hydrogen-bond donors (Lipinski definition) is 3. The van der Waals surface area contributed by atoms with E-state index in [4.69, 9.17) is 9.90 Å². The molecule has 3 N–H and O–H groups in total. The summed E-state index contributed by atoms with van der Waals surface area (Å²) in [7, 11) is 0. The van der Waals surface area contributed by atoms with E-state index in [1.807, 2.05) is 40.5 Å². The van der Waals surface area contributed by atoms with Crippen LogP contribution in [0.1, 0.15) is 12.8 Å². The summed E-state index contributed by atoms with van der Waals surface area (Å²) in [5.41, 5.74) is 0.109. The maximum Gasteiger partial charge on any atom is 0.490 e. The van der Waals surface area contributed by atoms with Crippen LogP contribution in [0.4, 0.5) is 32.0 Å². The van der Waals surface area contributed by atoms with Crippen molar-refractivity contribution in [3.8, 4) is 0 Å². The Bertz CT molecular complexity index is 841. The van der Waals surface area contributed by atoms with Crippen molar-refractivity contribution in [3.05, 3.63) is 30.3 Å². The molecule has 1 spiro atoms. The predicted molar refractivity (Wildman–Crippen MR) is 103 cm³/mol.